The Kier molecular flexibility index (Phi) is 9.21. The zero-order valence-electron chi connectivity index (χ0n) is 26.9. The minimum Gasteiger partial charge on any atom is -0.405 e. The number of hydrogen-bond acceptors (Lipinski definition) is 9. The minimum absolute atomic E-state index is 0.140. The van der Waals surface area contributed by atoms with E-state index in [1.807, 2.05) is 22.9 Å². The molecule has 0 unspecified atom stereocenters. The fourth-order valence-electron chi connectivity index (χ4n) is 7.25. The summed E-state index contributed by atoms with van der Waals surface area (Å²) in [7, 11) is 1.76. The lowest BCUT2D eigenvalue weighted by atomic mass is 9.90. The summed E-state index contributed by atoms with van der Waals surface area (Å²) in [6.45, 7) is 6.32. The number of halogens is 3. The van der Waals surface area contributed by atoms with Crippen LogP contribution in [0.2, 0.25) is 0 Å². The molecule has 4 heterocycles. The van der Waals surface area contributed by atoms with Gasteiger partial charge in [0.25, 0.3) is 0 Å². The Morgan fingerprint density at radius 3 is 2.52 bits per heavy atom. The van der Waals surface area contributed by atoms with E-state index in [0.717, 1.165) is 88.2 Å². The van der Waals surface area contributed by atoms with Crippen molar-refractivity contribution in [3.8, 4) is 17.0 Å². The largest absolute Gasteiger partial charge is 0.573 e. The Labute approximate surface area is 276 Å². The van der Waals surface area contributed by atoms with Gasteiger partial charge in [0.05, 0.1) is 22.5 Å². The van der Waals surface area contributed by atoms with Gasteiger partial charge in [-0.1, -0.05) is 24.3 Å². The molecule has 2 aromatic carbocycles. The van der Waals surface area contributed by atoms with Crippen LogP contribution in [0.4, 0.5) is 19.0 Å². The molecule has 0 amide bonds. The predicted octanol–water partition coefficient (Wildman–Crippen LogP) is 5.58. The topological polar surface area (TPSA) is 123 Å². The average Bonchev–Trinajstić information content (AvgIpc) is 3.67. The zero-order valence-corrected chi connectivity index (χ0v) is 26.9. The third-order valence-electron chi connectivity index (χ3n) is 9.64. The first-order chi connectivity index (χ1) is 23.3. The predicted molar refractivity (Wildman–Crippen MR) is 177 cm³/mol. The summed E-state index contributed by atoms with van der Waals surface area (Å²) in [5.41, 5.74) is 10.4. The highest BCUT2D eigenvalue weighted by atomic mass is 19.4. The normalized spacial score (nSPS) is 19.8. The Morgan fingerprint density at radius 2 is 1.75 bits per heavy atom. The van der Waals surface area contributed by atoms with E-state index in [-0.39, 0.29) is 18.2 Å². The van der Waals surface area contributed by atoms with E-state index in [9.17, 15) is 13.2 Å². The van der Waals surface area contributed by atoms with Crippen molar-refractivity contribution in [2.45, 2.75) is 57.0 Å². The maximum absolute atomic E-state index is 13.0. The van der Waals surface area contributed by atoms with E-state index in [1.54, 1.807) is 19.2 Å². The molecular formula is C34H40F3N9O2. The number of H-pyrrole nitrogens is 1. The molecule has 254 valence electrons. The van der Waals surface area contributed by atoms with Crippen molar-refractivity contribution in [1.29, 1.82) is 0 Å². The molecule has 1 aliphatic heterocycles. The monoisotopic (exact) mass is 663 g/mol. The first-order valence-electron chi connectivity index (χ1n) is 16.5. The summed E-state index contributed by atoms with van der Waals surface area (Å²) in [5, 5.41) is 5.80. The molecule has 0 radical (unpaired) electrons. The molecule has 2 fully saturated rings. The van der Waals surface area contributed by atoms with Gasteiger partial charge in [-0.2, -0.15) is 5.10 Å². The highest BCUT2D eigenvalue weighted by Crippen LogP contribution is 2.38. The summed E-state index contributed by atoms with van der Waals surface area (Å²) in [5.74, 6) is 0.634. The van der Waals surface area contributed by atoms with E-state index in [0.29, 0.717) is 39.8 Å². The fourth-order valence-corrected chi connectivity index (χ4v) is 7.25. The number of alkyl halides is 3. The number of rotatable bonds is 10. The van der Waals surface area contributed by atoms with E-state index in [4.69, 9.17) is 20.6 Å². The van der Waals surface area contributed by atoms with Crippen LogP contribution in [0.5, 0.6) is 5.75 Å². The molecule has 1 saturated carbocycles. The van der Waals surface area contributed by atoms with Gasteiger partial charge in [-0.15, -0.1) is 13.2 Å². The molecule has 0 bridgehead atoms. The Hall–Kier alpha value is -4.27. The average molecular weight is 664 g/mol. The summed E-state index contributed by atoms with van der Waals surface area (Å²) in [4.78, 5) is 22.0. The zero-order chi connectivity index (χ0) is 33.3. The molecule has 1 saturated heterocycles. The second-order valence-corrected chi connectivity index (χ2v) is 12.7. The maximum atomic E-state index is 13.0. The first kappa shape index (κ1) is 32.3. The van der Waals surface area contributed by atoms with Crippen molar-refractivity contribution >= 4 is 27.9 Å². The van der Waals surface area contributed by atoms with Crippen molar-refractivity contribution in [1.82, 2.24) is 39.5 Å². The van der Waals surface area contributed by atoms with Crippen molar-refractivity contribution in [2.75, 3.05) is 52.2 Å². The molecular weight excluding hydrogens is 623 g/mol. The number of piperazine rings is 1. The molecule has 7 rings (SSSR count). The number of nitrogens with one attached hydrogen (secondary N) is 1. The number of imidazole rings is 1. The van der Waals surface area contributed by atoms with Crippen LogP contribution >= 0.6 is 0 Å². The second kappa shape index (κ2) is 13.7. The summed E-state index contributed by atoms with van der Waals surface area (Å²) in [6, 6.07) is 12.6. The van der Waals surface area contributed by atoms with Crippen molar-refractivity contribution < 1.29 is 22.6 Å². The molecule has 3 N–H and O–H groups in total. The molecule has 0 atom stereocenters. The molecule has 5 aromatic rings. The van der Waals surface area contributed by atoms with Gasteiger partial charge in [0, 0.05) is 70.0 Å². The quantitative estimate of drug-likeness (QED) is 0.185. The smallest absolute Gasteiger partial charge is 0.405 e. The Balaban J connectivity index is 1.08. The Bertz CT molecular complexity index is 1860. The van der Waals surface area contributed by atoms with Gasteiger partial charge in [0.2, 0.25) is 0 Å². The van der Waals surface area contributed by atoms with Gasteiger partial charge in [0.15, 0.2) is 5.65 Å². The van der Waals surface area contributed by atoms with Crippen LogP contribution in [0.15, 0.2) is 48.8 Å². The van der Waals surface area contributed by atoms with Crippen LogP contribution in [0.3, 0.4) is 0 Å². The number of anilines is 1. The highest BCUT2D eigenvalue weighted by molar-refractivity contribution is 5.99. The van der Waals surface area contributed by atoms with E-state index in [2.05, 4.69) is 29.5 Å². The standard InChI is InChI=1S/C34H40F3N9O2/c1-47-18-4-13-44-14-16-45(17-15-44)24-8-10-25(11-9-24)46-33-30(32(38)39-21-40-33)31(43-46)23-7-12-26-27(19-23)42-29(41-26)20-22-5-2-3-6-28(22)48-34(35,36)37/h2-3,5-7,12,19,21,24-25H,4,8-11,13-18,20H2,1H3,(H,41,42)(H2,38,39,40)/t24-,25-. The highest BCUT2D eigenvalue weighted by Gasteiger charge is 2.33. The molecule has 48 heavy (non-hydrogen) atoms. The van der Waals surface area contributed by atoms with Gasteiger partial charge in [-0.25, -0.2) is 19.6 Å². The lowest BCUT2D eigenvalue weighted by molar-refractivity contribution is -0.274. The summed E-state index contributed by atoms with van der Waals surface area (Å²) >= 11 is 0. The van der Waals surface area contributed by atoms with Gasteiger partial charge < -0.3 is 25.1 Å². The molecule has 2 aliphatic rings. The second-order valence-electron chi connectivity index (χ2n) is 12.7. The van der Waals surface area contributed by atoms with Crippen LogP contribution in [0.25, 0.3) is 33.3 Å². The Morgan fingerprint density at radius 1 is 0.979 bits per heavy atom. The minimum atomic E-state index is -4.78. The SMILES string of the molecule is COCCCN1CCN([C@H]2CC[C@H](n3nc(-c4ccc5[nH]c(Cc6ccccc6OC(F)(F)F)nc5c4)c4c(N)ncnc43)CC2)CC1. The van der Waals surface area contributed by atoms with Crippen molar-refractivity contribution in [3.05, 3.63) is 60.2 Å². The van der Waals surface area contributed by atoms with E-state index < -0.39 is 6.36 Å². The number of benzene rings is 2. The molecule has 0 spiro atoms. The van der Waals surface area contributed by atoms with Crippen molar-refractivity contribution in [2.24, 2.45) is 0 Å². The molecule has 1 aliphatic carbocycles. The lowest BCUT2D eigenvalue weighted by Crippen LogP contribution is -2.51. The van der Waals surface area contributed by atoms with E-state index in [1.165, 1.54) is 18.5 Å². The number of para-hydroxylation sites is 1. The van der Waals surface area contributed by atoms with Gasteiger partial charge in [-0.05, 0) is 50.3 Å². The van der Waals surface area contributed by atoms with Gasteiger partial charge in [0.1, 0.15) is 29.4 Å². The van der Waals surface area contributed by atoms with E-state index >= 15 is 0 Å². The number of nitrogens with zero attached hydrogens (tertiary/aromatic N) is 7. The molecule has 14 heteroatoms. The van der Waals surface area contributed by atoms with Crippen LogP contribution in [0.1, 0.15) is 49.5 Å². The lowest BCUT2D eigenvalue weighted by Gasteiger charge is -2.42. The maximum Gasteiger partial charge on any atom is 0.573 e. The number of hydrogen-bond donors (Lipinski definition) is 2. The van der Waals surface area contributed by atoms with Gasteiger partial charge >= 0.3 is 6.36 Å². The third-order valence-corrected chi connectivity index (χ3v) is 9.64. The number of aromatic amines is 1. The fraction of sp³-hybridized carbons (Fsp3) is 0.471. The molecule has 11 nitrogen and oxygen atoms in total. The van der Waals surface area contributed by atoms with Crippen molar-refractivity contribution in [3.63, 3.8) is 0 Å². The third kappa shape index (κ3) is 6.96. The van der Waals surface area contributed by atoms with Gasteiger partial charge in [-0.3, -0.25) is 4.90 Å². The van der Waals surface area contributed by atoms with Crippen LogP contribution in [-0.4, -0.2) is 98.4 Å². The van der Waals surface area contributed by atoms with Crippen LogP contribution in [-0.2, 0) is 11.2 Å². The number of ether oxygens (including phenoxy) is 2. The molecule has 3 aromatic heterocycles. The number of methoxy groups -OCH3 is 1. The number of fused-ring (bicyclic) bond motifs is 2. The summed E-state index contributed by atoms with van der Waals surface area (Å²) in [6.07, 6.45) is 2.12. The summed E-state index contributed by atoms with van der Waals surface area (Å²) < 4.78 is 50.4. The first-order valence-corrected chi connectivity index (χ1v) is 16.5. The number of nitrogens with two attached hydrogens (primary N) is 1. The number of nitrogen functional groups attached to an aromatic ring is 1. The van der Waals surface area contributed by atoms with Crippen LogP contribution in [0, 0.1) is 0 Å². The van der Waals surface area contributed by atoms with Crippen LogP contribution < -0.4 is 10.5 Å². The number of aromatic nitrogens is 6.